The van der Waals surface area contributed by atoms with Crippen molar-refractivity contribution >= 4 is 10.0 Å². The topological polar surface area (TPSA) is 46.2 Å². The van der Waals surface area contributed by atoms with Crippen LogP contribution in [0.25, 0.3) is 0 Å². The molecule has 4 bridgehead atoms. The molecule has 0 aromatic heterocycles. The molecule has 126 valence electrons. The van der Waals surface area contributed by atoms with Crippen molar-refractivity contribution in [1.82, 2.24) is 4.72 Å². The minimum Gasteiger partial charge on any atom is -0.207 e. The first kappa shape index (κ1) is 15.6. The molecule has 4 saturated carbocycles. The van der Waals surface area contributed by atoms with E-state index in [1.807, 2.05) is 12.1 Å². The first-order chi connectivity index (χ1) is 10.9. The van der Waals surface area contributed by atoms with E-state index in [1.54, 1.807) is 12.1 Å². The highest BCUT2D eigenvalue weighted by Gasteiger charge is 2.52. The lowest BCUT2D eigenvalue weighted by molar-refractivity contribution is -0.00810. The van der Waals surface area contributed by atoms with Crippen LogP contribution in [-0.2, 0) is 10.0 Å². The van der Waals surface area contributed by atoms with E-state index in [1.165, 1.54) is 24.8 Å². The molecule has 0 radical (unpaired) electrons. The number of nitrogens with one attached hydrogen (secondary N) is 1. The van der Waals surface area contributed by atoms with Crippen LogP contribution in [0.2, 0.25) is 0 Å². The van der Waals surface area contributed by atoms with Gasteiger partial charge in [-0.15, -0.1) is 0 Å². The van der Waals surface area contributed by atoms with Gasteiger partial charge in [0, 0.05) is 5.54 Å². The van der Waals surface area contributed by atoms with Crippen molar-refractivity contribution in [3.05, 3.63) is 29.8 Å². The monoisotopic (exact) mass is 333 g/mol. The Labute approximate surface area is 139 Å². The van der Waals surface area contributed by atoms with E-state index in [0.29, 0.717) is 10.8 Å². The molecule has 1 aromatic carbocycles. The lowest BCUT2D eigenvalue weighted by Gasteiger charge is -2.56. The summed E-state index contributed by atoms with van der Waals surface area (Å²) in [6.45, 7) is 4.24. The minimum absolute atomic E-state index is 0.162. The Morgan fingerprint density at radius 3 is 1.87 bits per heavy atom. The molecule has 4 aliphatic rings. The van der Waals surface area contributed by atoms with Crippen molar-refractivity contribution in [2.75, 3.05) is 0 Å². The average Bonchev–Trinajstić information content (AvgIpc) is 2.44. The molecule has 3 nitrogen and oxygen atoms in total. The number of hydrogen-bond acceptors (Lipinski definition) is 2. The van der Waals surface area contributed by atoms with Gasteiger partial charge in [0.25, 0.3) is 0 Å². The predicted molar refractivity (Wildman–Crippen MR) is 91.8 cm³/mol. The standard InChI is InChI=1S/C19H27NO2S/c1-13(2)17-3-5-18(6-4-17)23(21,22)20-19-10-14-7-15(11-19)9-16(8-14)12-19/h3-6,13-16,20H,7-12H2,1-2H3. The second kappa shape index (κ2) is 5.32. The van der Waals surface area contributed by atoms with E-state index in [9.17, 15) is 8.42 Å². The third-order valence-electron chi connectivity index (χ3n) is 6.25. The molecule has 0 heterocycles. The first-order valence-corrected chi connectivity index (χ1v) is 10.5. The molecule has 0 spiro atoms. The van der Waals surface area contributed by atoms with Crippen LogP contribution in [0.1, 0.15) is 63.9 Å². The van der Waals surface area contributed by atoms with Crippen LogP contribution < -0.4 is 4.72 Å². The Morgan fingerprint density at radius 1 is 0.957 bits per heavy atom. The van der Waals surface area contributed by atoms with Gasteiger partial charge < -0.3 is 0 Å². The van der Waals surface area contributed by atoms with Crippen LogP contribution in [0.5, 0.6) is 0 Å². The third kappa shape index (κ3) is 2.85. The van der Waals surface area contributed by atoms with Crippen molar-refractivity contribution in [3.8, 4) is 0 Å². The van der Waals surface area contributed by atoms with Crippen molar-refractivity contribution < 1.29 is 8.42 Å². The normalized spacial score (nSPS) is 35.9. The fourth-order valence-electron chi connectivity index (χ4n) is 5.61. The Balaban J connectivity index is 1.57. The van der Waals surface area contributed by atoms with Crippen molar-refractivity contribution in [3.63, 3.8) is 0 Å². The van der Waals surface area contributed by atoms with Crippen LogP contribution in [0, 0.1) is 17.8 Å². The SMILES string of the molecule is CC(C)c1ccc(S(=O)(=O)NC23CC4CC(CC(C4)C2)C3)cc1. The highest BCUT2D eigenvalue weighted by atomic mass is 32.2. The summed E-state index contributed by atoms with van der Waals surface area (Å²) < 4.78 is 28.9. The van der Waals surface area contributed by atoms with Gasteiger partial charge in [-0.3, -0.25) is 0 Å². The Kier molecular flexibility index (Phi) is 3.62. The number of hydrogen-bond donors (Lipinski definition) is 1. The molecule has 23 heavy (non-hydrogen) atoms. The molecule has 0 saturated heterocycles. The maximum atomic E-state index is 12.9. The molecule has 0 aliphatic heterocycles. The molecular formula is C19H27NO2S. The molecule has 1 N–H and O–H groups in total. The van der Waals surface area contributed by atoms with Crippen LogP contribution in [0.3, 0.4) is 0 Å². The molecule has 0 atom stereocenters. The third-order valence-corrected chi connectivity index (χ3v) is 7.84. The van der Waals surface area contributed by atoms with E-state index in [-0.39, 0.29) is 5.54 Å². The van der Waals surface area contributed by atoms with Crippen LogP contribution in [-0.4, -0.2) is 14.0 Å². The maximum Gasteiger partial charge on any atom is 0.241 e. The van der Waals surface area contributed by atoms with E-state index >= 15 is 0 Å². The van der Waals surface area contributed by atoms with Crippen molar-refractivity contribution in [2.24, 2.45) is 17.8 Å². The molecule has 0 unspecified atom stereocenters. The zero-order valence-corrected chi connectivity index (χ0v) is 14.9. The van der Waals surface area contributed by atoms with Crippen molar-refractivity contribution in [1.29, 1.82) is 0 Å². The number of sulfonamides is 1. The predicted octanol–water partition coefficient (Wildman–Crippen LogP) is 4.06. The van der Waals surface area contributed by atoms with Gasteiger partial charge in [-0.2, -0.15) is 0 Å². The van der Waals surface area contributed by atoms with E-state index < -0.39 is 10.0 Å². The summed E-state index contributed by atoms with van der Waals surface area (Å²) in [5, 5.41) is 0. The van der Waals surface area contributed by atoms with Gasteiger partial charge in [0.05, 0.1) is 4.90 Å². The van der Waals surface area contributed by atoms with Crippen molar-refractivity contribution in [2.45, 2.75) is 68.7 Å². The van der Waals surface area contributed by atoms with Gasteiger partial charge in [0.2, 0.25) is 10.0 Å². The number of benzene rings is 1. The fourth-order valence-corrected chi connectivity index (χ4v) is 7.04. The lowest BCUT2D eigenvalue weighted by atomic mass is 9.53. The quantitative estimate of drug-likeness (QED) is 0.903. The zero-order valence-electron chi connectivity index (χ0n) is 14.1. The lowest BCUT2D eigenvalue weighted by Crippen LogP contribution is -2.59. The maximum absolute atomic E-state index is 12.9. The molecule has 5 rings (SSSR count). The molecule has 1 aromatic rings. The second-order valence-corrected chi connectivity index (χ2v) is 10.2. The van der Waals surface area contributed by atoms with E-state index in [4.69, 9.17) is 0 Å². The molecule has 4 aliphatic carbocycles. The Bertz CT molecular complexity index is 655. The average molecular weight is 333 g/mol. The molecule has 4 heteroatoms. The molecule has 0 amide bonds. The summed E-state index contributed by atoms with van der Waals surface area (Å²) in [5.74, 6) is 2.65. The zero-order chi connectivity index (χ0) is 16.2. The van der Waals surface area contributed by atoms with Gasteiger partial charge in [0.1, 0.15) is 0 Å². The largest absolute Gasteiger partial charge is 0.241 e. The second-order valence-electron chi connectivity index (χ2n) is 8.53. The Hall–Kier alpha value is -0.870. The highest BCUT2D eigenvalue weighted by molar-refractivity contribution is 7.89. The van der Waals surface area contributed by atoms with Gasteiger partial charge >= 0.3 is 0 Å². The molecular weight excluding hydrogens is 306 g/mol. The number of rotatable bonds is 4. The van der Waals surface area contributed by atoms with E-state index in [0.717, 1.165) is 37.0 Å². The summed E-state index contributed by atoms with van der Waals surface area (Å²) in [7, 11) is -3.42. The summed E-state index contributed by atoms with van der Waals surface area (Å²) in [4.78, 5) is 0.414. The van der Waals surface area contributed by atoms with Crippen LogP contribution in [0.4, 0.5) is 0 Å². The molecule has 4 fully saturated rings. The first-order valence-electron chi connectivity index (χ1n) is 8.99. The van der Waals surface area contributed by atoms with Gasteiger partial charge in [-0.25, -0.2) is 13.1 Å². The summed E-state index contributed by atoms with van der Waals surface area (Å²) in [6.07, 6.45) is 7.10. The van der Waals surface area contributed by atoms with Crippen LogP contribution in [0.15, 0.2) is 29.2 Å². The summed E-state index contributed by atoms with van der Waals surface area (Å²) in [5.41, 5.74) is 1.02. The highest BCUT2D eigenvalue weighted by Crippen LogP contribution is 2.55. The van der Waals surface area contributed by atoms with Gasteiger partial charge in [-0.1, -0.05) is 26.0 Å². The minimum atomic E-state index is -3.42. The van der Waals surface area contributed by atoms with E-state index in [2.05, 4.69) is 18.6 Å². The van der Waals surface area contributed by atoms with Gasteiger partial charge in [0.15, 0.2) is 0 Å². The van der Waals surface area contributed by atoms with Crippen LogP contribution >= 0.6 is 0 Å². The Morgan fingerprint density at radius 2 is 1.43 bits per heavy atom. The summed E-state index contributed by atoms with van der Waals surface area (Å²) >= 11 is 0. The fraction of sp³-hybridized carbons (Fsp3) is 0.684. The smallest absolute Gasteiger partial charge is 0.207 e. The summed E-state index contributed by atoms with van der Waals surface area (Å²) in [6, 6.07) is 7.41. The van der Waals surface area contributed by atoms with Gasteiger partial charge in [-0.05, 0) is 79.9 Å².